The van der Waals surface area contributed by atoms with E-state index < -0.39 is 0 Å². The van der Waals surface area contributed by atoms with Crippen LogP contribution in [0.5, 0.6) is 5.75 Å². The van der Waals surface area contributed by atoms with E-state index in [4.69, 9.17) is 4.74 Å². The largest absolute Gasteiger partial charge is 0.494 e. The van der Waals surface area contributed by atoms with Crippen LogP contribution in [0.3, 0.4) is 0 Å². The van der Waals surface area contributed by atoms with Gasteiger partial charge in [-0.2, -0.15) is 5.10 Å². The topological polar surface area (TPSA) is 63.6 Å². The van der Waals surface area contributed by atoms with Crippen LogP contribution >= 0.6 is 0 Å². The standard InChI is InChI=1S/C16H17N3O2/c1-3-21-15-6-4-5-14(11-15)16(20)19-18-12(2)13-7-9-17-10-8-13/h4-11H,3H2,1-2H3,(H,19,20). The van der Waals surface area contributed by atoms with E-state index in [0.29, 0.717) is 23.6 Å². The minimum atomic E-state index is -0.273. The fourth-order valence-corrected chi connectivity index (χ4v) is 1.75. The zero-order valence-electron chi connectivity index (χ0n) is 12.0. The van der Waals surface area contributed by atoms with E-state index in [1.807, 2.05) is 32.0 Å². The highest BCUT2D eigenvalue weighted by molar-refractivity contribution is 6.00. The molecule has 0 atom stereocenters. The number of nitrogens with one attached hydrogen (secondary N) is 1. The number of nitrogens with zero attached hydrogens (tertiary/aromatic N) is 2. The highest BCUT2D eigenvalue weighted by Gasteiger charge is 2.06. The van der Waals surface area contributed by atoms with Gasteiger partial charge in [-0.05, 0) is 44.2 Å². The second-order valence-electron chi connectivity index (χ2n) is 4.33. The average molecular weight is 283 g/mol. The third-order valence-corrected chi connectivity index (χ3v) is 2.83. The summed E-state index contributed by atoms with van der Waals surface area (Å²) >= 11 is 0. The Balaban J connectivity index is 2.06. The monoisotopic (exact) mass is 283 g/mol. The van der Waals surface area contributed by atoms with Crippen LogP contribution < -0.4 is 10.2 Å². The van der Waals surface area contributed by atoms with Crippen molar-refractivity contribution in [3.05, 3.63) is 59.9 Å². The van der Waals surface area contributed by atoms with Crippen molar-refractivity contribution in [3.8, 4) is 5.75 Å². The van der Waals surface area contributed by atoms with E-state index >= 15 is 0 Å². The van der Waals surface area contributed by atoms with Crippen molar-refractivity contribution in [1.82, 2.24) is 10.4 Å². The maximum absolute atomic E-state index is 12.1. The molecule has 0 aliphatic rings. The highest BCUT2D eigenvalue weighted by atomic mass is 16.5. The van der Waals surface area contributed by atoms with Crippen molar-refractivity contribution < 1.29 is 9.53 Å². The van der Waals surface area contributed by atoms with Gasteiger partial charge < -0.3 is 4.74 Å². The lowest BCUT2D eigenvalue weighted by atomic mass is 10.2. The Morgan fingerprint density at radius 2 is 2.00 bits per heavy atom. The number of hydrogen-bond acceptors (Lipinski definition) is 4. The maximum Gasteiger partial charge on any atom is 0.271 e. The summed E-state index contributed by atoms with van der Waals surface area (Å²) in [5.74, 6) is 0.393. The number of aromatic nitrogens is 1. The molecule has 108 valence electrons. The van der Waals surface area contributed by atoms with Crippen LogP contribution in [-0.2, 0) is 0 Å². The van der Waals surface area contributed by atoms with E-state index in [2.05, 4.69) is 15.5 Å². The molecule has 0 unspecified atom stereocenters. The van der Waals surface area contributed by atoms with Gasteiger partial charge in [-0.3, -0.25) is 9.78 Å². The molecule has 0 spiro atoms. The van der Waals surface area contributed by atoms with Gasteiger partial charge in [0.2, 0.25) is 0 Å². The smallest absolute Gasteiger partial charge is 0.271 e. The number of rotatable bonds is 5. The molecule has 0 saturated heterocycles. The minimum Gasteiger partial charge on any atom is -0.494 e. The van der Waals surface area contributed by atoms with E-state index in [-0.39, 0.29) is 5.91 Å². The molecule has 5 heteroatoms. The lowest BCUT2D eigenvalue weighted by Crippen LogP contribution is -2.19. The van der Waals surface area contributed by atoms with Gasteiger partial charge in [0.05, 0.1) is 12.3 Å². The number of pyridine rings is 1. The number of hydrazone groups is 1. The Morgan fingerprint density at radius 3 is 2.71 bits per heavy atom. The minimum absolute atomic E-state index is 0.273. The molecule has 1 heterocycles. The predicted octanol–water partition coefficient (Wildman–Crippen LogP) is 2.63. The van der Waals surface area contributed by atoms with Crippen LogP contribution in [0.1, 0.15) is 29.8 Å². The quantitative estimate of drug-likeness (QED) is 0.677. The van der Waals surface area contributed by atoms with Crippen molar-refractivity contribution in [2.45, 2.75) is 13.8 Å². The molecule has 1 aromatic heterocycles. The number of hydrogen-bond donors (Lipinski definition) is 1. The molecule has 0 radical (unpaired) electrons. The van der Waals surface area contributed by atoms with Crippen LogP contribution in [0.4, 0.5) is 0 Å². The van der Waals surface area contributed by atoms with Crippen LogP contribution in [0.15, 0.2) is 53.9 Å². The first-order valence-corrected chi connectivity index (χ1v) is 6.68. The summed E-state index contributed by atoms with van der Waals surface area (Å²) in [5.41, 5.74) is 4.67. The Labute approximate surface area is 123 Å². The summed E-state index contributed by atoms with van der Waals surface area (Å²) in [6.07, 6.45) is 3.36. The van der Waals surface area contributed by atoms with Crippen molar-refractivity contribution in [3.63, 3.8) is 0 Å². The molecule has 0 fully saturated rings. The summed E-state index contributed by atoms with van der Waals surface area (Å²) in [6, 6.07) is 10.7. The summed E-state index contributed by atoms with van der Waals surface area (Å²) in [6.45, 7) is 4.28. The first kappa shape index (κ1) is 14.7. The lowest BCUT2D eigenvalue weighted by Gasteiger charge is -2.06. The third-order valence-electron chi connectivity index (χ3n) is 2.83. The van der Waals surface area contributed by atoms with Crippen LogP contribution in [0.2, 0.25) is 0 Å². The summed E-state index contributed by atoms with van der Waals surface area (Å²) in [7, 11) is 0. The predicted molar refractivity (Wildman–Crippen MR) is 81.5 cm³/mol. The average Bonchev–Trinajstić information content (AvgIpc) is 2.53. The van der Waals surface area contributed by atoms with Crippen LogP contribution in [0.25, 0.3) is 0 Å². The van der Waals surface area contributed by atoms with Crippen LogP contribution in [-0.4, -0.2) is 23.2 Å². The molecular formula is C16H17N3O2. The third kappa shape index (κ3) is 4.14. The van der Waals surface area contributed by atoms with Crippen molar-refractivity contribution >= 4 is 11.6 Å². The van der Waals surface area contributed by atoms with Gasteiger partial charge in [0.1, 0.15) is 5.75 Å². The molecule has 2 aromatic rings. The first-order valence-electron chi connectivity index (χ1n) is 6.68. The Hall–Kier alpha value is -2.69. The zero-order valence-corrected chi connectivity index (χ0v) is 12.0. The number of benzene rings is 1. The number of amides is 1. The van der Waals surface area contributed by atoms with Crippen molar-refractivity contribution in [1.29, 1.82) is 0 Å². The first-order chi connectivity index (χ1) is 10.2. The van der Waals surface area contributed by atoms with E-state index in [0.717, 1.165) is 5.56 Å². The summed E-state index contributed by atoms with van der Waals surface area (Å²) in [4.78, 5) is 16.0. The lowest BCUT2D eigenvalue weighted by molar-refractivity contribution is 0.0954. The van der Waals surface area contributed by atoms with Crippen molar-refractivity contribution in [2.75, 3.05) is 6.61 Å². The fourth-order valence-electron chi connectivity index (χ4n) is 1.75. The van der Waals surface area contributed by atoms with Gasteiger partial charge in [0.15, 0.2) is 0 Å². The van der Waals surface area contributed by atoms with Crippen LogP contribution in [0, 0.1) is 0 Å². The molecule has 21 heavy (non-hydrogen) atoms. The molecule has 0 aliphatic carbocycles. The highest BCUT2D eigenvalue weighted by Crippen LogP contribution is 2.13. The van der Waals surface area contributed by atoms with Gasteiger partial charge in [0.25, 0.3) is 5.91 Å². The normalized spacial score (nSPS) is 11.0. The van der Waals surface area contributed by atoms with E-state index in [1.54, 1.807) is 30.6 Å². The molecule has 0 saturated carbocycles. The Morgan fingerprint density at radius 1 is 1.24 bits per heavy atom. The summed E-state index contributed by atoms with van der Waals surface area (Å²) in [5, 5.41) is 4.09. The zero-order chi connectivity index (χ0) is 15.1. The maximum atomic E-state index is 12.1. The molecule has 1 amide bonds. The number of ether oxygens (including phenoxy) is 1. The summed E-state index contributed by atoms with van der Waals surface area (Å²) < 4.78 is 5.37. The molecule has 2 rings (SSSR count). The van der Waals surface area contributed by atoms with E-state index in [9.17, 15) is 4.79 Å². The Kier molecular flexibility index (Phi) is 5.04. The van der Waals surface area contributed by atoms with Gasteiger partial charge in [-0.25, -0.2) is 5.43 Å². The van der Waals surface area contributed by atoms with E-state index in [1.165, 1.54) is 0 Å². The fraction of sp³-hybridized carbons (Fsp3) is 0.188. The second kappa shape index (κ2) is 7.19. The molecule has 0 aliphatic heterocycles. The van der Waals surface area contributed by atoms with Crippen molar-refractivity contribution in [2.24, 2.45) is 5.10 Å². The number of carbonyl (C=O) groups excluding carboxylic acids is 1. The molecular weight excluding hydrogens is 266 g/mol. The van der Waals surface area contributed by atoms with Gasteiger partial charge in [-0.1, -0.05) is 6.07 Å². The van der Waals surface area contributed by atoms with Gasteiger partial charge in [0, 0.05) is 23.5 Å². The molecule has 1 aromatic carbocycles. The second-order valence-corrected chi connectivity index (χ2v) is 4.33. The molecule has 5 nitrogen and oxygen atoms in total. The van der Waals surface area contributed by atoms with Gasteiger partial charge >= 0.3 is 0 Å². The van der Waals surface area contributed by atoms with Gasteiger partial charge in [-0.15, -0.1) is 0 Å². The SMILES string of the molecule is CCOc1cccc(C(=O)NN=C(C)c2ccncc2)c1. The Bertz CT molecular complexity index is 639. The number of carbonyl (C=O) groups is 1. The molecule has 1 N–H and O–H groups in total. The molecule has 0 bridgehead atoms.